The van der Waals surface area contributed by atoms with Gasteiger partial charge in [-0.25, -0.2) is 8.42 Å². The van der Waals surface area contributed by atoms with Crippen LogP contribution in [0.5, 0.6) is 5.75 Å². The van der Waals surface area contributed by atoms with Crippen LogP contribution in [-0.2, 0) is 20.0 Å². The van der Waals surface area contributed by atoms with Crippen molar-refractivity contribution < 1.29 is 30.6 Å². The van der Waals surface area contributed by atoms with Gasteiger partial charge in [0.05, 0.1) is 10.6 Å². The first-order chi connectivity index (χ1) is 13.2. The molecule has 0 spiro atoms. The van der Waals surface area contributed by atoms with Gasteiger partial charge in [0.25, 0.3) is 5.78 Å². The van der Waals surface area contributed by atoms with Gasteiger partial charge in [-0.1, -0.05) is 25.5 Å². The van der Waals surface area contributed by atoms with Crippen LogP contribution in [-0.4, -0.2) is 39.4 Å². The van der Waals surface area contributed by atoms with Crippen LogP contribution in [0, 0.1) is 0 Å². The molecule has 0 N–H and O–H groups in total. The first-order valence-electron chi connectivity index (χ1n) is 8.29. The average Bonchev–Trinajstić information content (AvgIpc) is 2.67. The van der Waals surface area contributed by atoms with E-state index in [9.17, 15) is 21.6 Å². The summed E-state index contributed by atoms with van der Waals surface area (Å²) in [5.41, 5.74) is 8.53. The highest BCUT2D eigenvalue weighted by Crippen LogP contribution is 2.30. The fraction of sp³-hybridized carbons (Fsp3) is 0.222. The van der Waals surface area contributed by atoms with Crippen molar-refractivity contribution in [3.8, 4) is 5.75 Å². The van der Waals surface area contributed by atoms with E-state index < -0.39 is 25.7 Å². The van der Waals surface area contributed by atoms with Crippen LogP contribution in [0.25, 0.3) is 5.53 Å². The van der Waals surface area contributed by atoms with E-state index in [1.807, 2.05) is 6.92 Å². The largest absolute Gasteiger partial charge is 0.381 e. The van der Waals surface area contributed by atoms with Crippen LogP contribution in [0.2, 0.25) is 0 Å². The number of Topliss-reactive ketones (excluding diaryl/α,β-unsaturated/α-hetero) is 1. The van der Waals surface area contributed by atoms with E-state index in [-0.39, 0.29) is 26.9 Å². The molecule has 2 aromatic rings. The smallest absolute Gasteiger partial charge is 0.328 e. The molecule has 28 heavy (non-hydrogen) atoms. The third-order valence-electron chi connectivity index (χ3n) is 3.73. The Balaban J connectivity index is 2.41. The fourth-order valence-corrected chi connectivity index (χ4v) is 4.87. The molecular weight excluding hydrogens is 404 g/mol. The zero-order valence-corrected chi connectivity index (χ0v) is 16.6. The predicted molar refractivity (Wildman–Crippen MR) is 102 cm³/mol. The molecular formula is C18H18N2O6S2. The lowest BCUT2D eigenvalue weighted by atomic mass is 10.1. The molecule has 8 nitrogen and oxygen atoms in total. The molecule has 2 rings (SSSR count). The molecule has 0 radical (unpaired) electrons. The Bertz CT molecular complexity index is 1120. The summed E-state index contributed by atoms with van der Waals surface area (Å²) in [5.74, 6) is -1.11. The van der Waals surface area contributed by atoms with Crippen molar-refractivity contribution in [3.05, 3.63) is 59.6 Å². The number of ketones is 1. The molecule has 0 aliphatic rings. The maximum Gasteiger partial charge on any atom is 0.328 e. The van der Waals surface area contributed by atoms with Gasteiger partial charge in [0, 0.05) is 5.56 Å². The third kappa shape index (κ3) is 5.13. The molecule has 0 aromatic heterocycles. The summed E-state index contributed by atoms with van der Waals surface area (Å²) < 4.78 is 55.0. The number of carbonyl (C=O) groups excluding carboxylic acids is 1. The van der Waals surface area contributed by atoms with Crippen molar-refractivity contribution in [1.82, 2.24) is 0 Å². The first kappa shape index (κ1) is 21.5. The monoisotopic (exact) mass is 422 g/mol. The van der Waals surface area contributed by atoms with E-state index in [1.54, 1.807) is 0 Å². The summed E-state index contributed by atoms with van der Waals surface area (Å²) in [6.45, 7) is 1.83. The van der Waals surface area contributed by atoms with Gasteiger partial charge in [-0.3, -0.25) is 4.79 Å². The summed E-state index contributed by atoms with van der Waals surface area (Å²) >= 11 is 0. The fourth-order valence-electron chi connectivity index (χ4n) is 2.29. The zero-order valence-electron chi connectivity index (χ0n) is 15.0. The standard InChI is InChI=1S/C18H18N2O6S2/c1-2-3-12-27(22,23)26-17-6-4-5-7-18(17)28(24,25)15-10-8-14(9-11-15)16(21)13-20-19/h4-11,13H,2-3,12H2,1H3. The van der Waals surface area contributed by atoms with E-state index in [4.69, 9.17) is 9.71 Å². The number of para-hydroxylation sites is 1. The first-order valence-corrected chi connectivity index (χ1v) is 11.4. The van der Waals surface area contributed by atoms with Crippen LogP contribution in [0.4, 0.5) is 0 Å². The van der Waals surface area contributed by atoms with E-state index >= 15 is 0 Å². The topological polar surface area (TPSA) is 131 Å². The Kier molecular flexibility index (Phi) is 6.85. The van der Waals surface area contributed by atoms with E-state index in [1.165, 1.54) is 48.5 Å². The third-order valence-corrected chi connectivity index (χ3v) is 6.76. The quantitative estimate of drug-likeness (QED) is 0.201. The van der Waals surface area contributed by atoms with Crippen molar-refractivity contribution in [2.24, 2.45) is 0 Å². The van der Waals surface area contributed by atoms with Crippen LogP contribution in [0.15, 0.2) is 58.3 Å². The highest BCUT2D eigenvalue weighted by molar-refractivity contribution is 7.91. The van der Waals surface area contributed by atoms with Gasteiger partial charge in [0.2, 0.25) is 9.84 Å². The van der Waals surface area contributed by atoms with E-state index in [2.05, 4.69) is 4.79 Å². The number of carbonyl (C=O) groups is 1. The summed E-state index contributed by atoms with van der Waals surface area (Å²) in [7, 11) is -8.03. The predicted octanol–water partition coefficient (Wildman–Crippen LogP) is 2.51. The van der Waals surface area contributed by atoms with Gasteiger partial charge in [0.1, 0.15) is 4.90 Å². The Morgan fingerprint density at radius 1 is 1.07 bits per heavy atom. The SMILES string of the molecule is CCCCS(=O)(=O)Oc1ccccc1S(=O)(=O)c1ccc(C(=O)C=[N+]=[N-])cc1. The van der Waals surface area contributed by atoms with Gasteiger partial charge >= 0.3 is 16.3 Å². The maximum atomic E-state index is 12.9. The molecule has 0 saturated carbocycles. The van der Waals surface area contributed by atoms with E-state index in [0.29, 0.717) is 19.1 Å². The summed E-state index contributed by atoms with van der Waals surface area (Å²) in [4.78, 5) is 13.8. The minimum atomic E-state index is -4.10. The Morgan fingerprint density at radius 3 is 2.32 bits per heavy atom. The minimum absolute atomic E-state index is 0.128. The lowest BCUT2D eigenvalue weighted by Crippen LogP contribution is -2.15. The van der Waals surface area contributed by atoms with Gasteiger partial charge in [-0.2, -0.15) is 13.2 Å². The van der Waals surface area contributed by atoms with Gasteiger partial charge in [-0.05, 0) is 42.8 Å². The number of hydrogen-bond donors (Lipinski definition) is 0. The summed E-state index contributed by atoms with van der Waals surface area (Å²) in [6.07, 6.45) is 1.73. The van der Waals surface area contributed by atoms with Crippen LogP contribution in [0.3, 0.4) is 0 Å². The zero-order chi connectivity index (χ0) is 20.8. The molecule has 0 unspecified atom stereocenters. The number of hydrogen-bond acceptors (Lipinski definition) is 6. The molecule has 0 bridgehead atoms. The van der Waals surface area contributed by atoms with Gasteiger partial charge in [-0.15, -0.1) is 0 Å². The van der Waals surface area contributed by atoms with Gasteiger partial charge in [0.15, 0.2) is 5.75 Å². The minimum Gasteiger partial charge on any atom is -0.381 e. The molecule has 2 aromatic carbocycles. The van der Waals surface area contributed by atoms with Crippen molar-refractivity contribution >= 4 is 32.0 Å². The Labute approximate surface area is 163 Å². The molecule has 0 saturated heterocycles. The number of benzene rings is 2. The molecule has 10 heteroatoms. The summed E-state index contributed by atoms with van der Waals surface area (Å²) in [5, 5.41) is 0. The molecule has 0 amide bonds. The number of unbranched alkanes of at least 4 members (excludes halogenated alkanes) is 1. The highest BCUT2D eigenvalue weighted by atomic mass is 32.2. The second-order valence-corrected chi connectivity index (χ2v) is 9.39. The van der Waals surface area contributed by atoms with Crippen LogP contribution in [0.1, 0.15) is 30.1 Å². The Morgan fingerprint density at radius 2 is 1.71 bits per heavy atom. The molecule has 0 heterocycles. The van der Waals surface area contributed by atoms with Gasteiger partial charge < -0.3 is 9.71 Å². The van der Waals surface area contributed by atoms with Crippen LogP contribution >= 0.6 is 0 Å². The van der Waals surface area contributed by atoms with Crippen LogP contribution < -0.4 is 4.18 Å². The second kappa shape index (κ2) is 8.92. The van der Waals surface area contributed by atoms with Crippen molar-refractivity contribution in [1.29, 1.82) is 0 Å². The molecule has 0 aliphatic carbocycles. The lowest BCUT2D eigenvalue weighted by molar-refractivity contribution is 0.00234. The van der Waals surface area contributed by atoms with Crippen molar-refractivity contribution in [3.63, 3.8) is 0 Å². The lowest BCUT2D eigenvalue weighted by Gasteiger charge is -2.12. The Hall–Kier alpha value is -2.81. The molecule has 0 atom stereocenters. The van der Waals surface area contributed by atoms with Crippen molar-refractivity contribution in [2.75, 3.05) is 5.75 Å². The second-order valence-electron chi connectivity index (χ2n) is 5.78. The van der Waals surface area contributed by atoms with Crippen molar-refractivity contribution in [2.45, 2.75) is 29.6 Å². The molecule has 148 valence electrons. The maximum absolute atomic E-state index is 12.9. The average molecular weight is 422 g/mol. The normalized spacial score (nSPS) is 11.5. The number of nitrogens with zero attached hydrogens (tertiary/aromatic N) is 2. The molecule has 0 fully saturated rings. The molecule has 0 aliphatic heterocycles. The number of rotatable bonds is 9. The summed E-state index contributed by atoms with van der Waals surface area (Å²) in [6, 6.07) is 10.4. The van der Waals surface area contributed by atoms with E-state index in [0.717, 1.165) is 0 Å². The highest BCUT2D eigenvalue weighted by Gasteiger charge is 2.25. The number of sulfone groups is 1.